The normalized spacial score (nSPS) is 26.4. The zero-order valence-corrected chi connectivity index (χ0v) is 14.4. The van der Waals surface area contributed by atoms with Gasteiger partial charge in [0.25, 0.3) is 0 Å². The highest BCUT2D eigenvalue weighted by molar-refractivity contribution is 7.09. The molecule has 2 heterocycles. The van der Waals surface area contributed by atoms with Crippen LogP contribution in [0.1, 0.15) is 51.2 Å². The zero-order chi connectivity index (χ0) is 15.2. The largest absolute Gasteiger partial charge is 0.375 e. The van der Waals surface area contributed by atoms with Crippen LogP contribution in [0, 0.1) is 5.92 Å². The zero-order valence-electron chi connectivity index (χ0n) is 13.6. The van der Waals surface area contributed by atoms with Crippen LogP contribution in [0.4, 0.5) is 0 Å². The van der Waals surface area contributed by atoms with Crippen molar-refractivity contribution in [3.63, 3.8) is 0 Å². The average Bonchev–Trinajstić information content (AvgIpc) is 2.83. The number of nitrogens with zero attached hydrogens (tertiary/aromatic N) is 1. The minimum atomic E-state index is 0.296. The highest BCUT2D eigenvalue weighted by atomic mass is 32.1. The maximum absolute atomic E-state index is 6.01. The van der Waals surface area contributed by atoms with E-state index in [9.17, 15) is 0 Å². The molecule has 0 saturated carbocycles. The van der Waals surface area contributed by atoms with E-state index in [1.807, 2.05) is 0 Å². The Balaban J connectivity index is 1.72. The molecule has 0 aromatic carbocycles. The van der Waals surface area contributed by atoms with Gasteiger partial charge in [-0.05, 0) is 39.2 Å². The van der Waals surface area contributed by atoms with E-state index >= 15 is 0 Å². The fourth-order valence-corrected chi connectivity index (χ4v) is 3.40. The number of rotatable bonds is 7. The minimum Gasteiger partial charge on any atom is -0.375 e. The molecule has 4 nitrogen and oxygen atoms in total. The van der Waals surface area contributed by atoms with Crippen LogP contribution in [0.5, 0.6) is 0 Å². The summed E-state index contributed by atoms with van der Waals surface area (Å²) in [6.45, 7) is 11.2. The van der Waals surface area contributed by atoms with Crippen molar-refractivity contribution < 1.29 is 9.47 Å². The molecule has 2 rings (SSSR count). The topological polar surface area (TPSA) is 43.4 Å². The Morgan fingerprint density at radius 1 is 1.38 bits per heavy atom. The highest BCUT2D eigenvalue weighted by Crippen LogP contribution is 2.22. The lowest BCUT2D eigenvalue weighted by atomic mass is 10.0. The van der Waals surface area contributed by atoms with E-state index in [0.29, 0.717) is 30.8 Å². The maximum atomic E-state index is 6.01. The van der Waals surface area contributed by atoms with Crippen LogP contribution in [0.3, 0.4) is 0 Å². The number of hydrogen-bond acceptors (Lipinski definition) is 5. The second-order valence-electron chi connectivity index (χ2n) is 6.42. The van der Waals surface area contributed by atoms with Crippen molar-refractivity contribution in [1.29, 1.82) is 0 Å². The monoisotopic (exact) mass is 312 g/mol. The standard InChI is InChI=1S/C16H28N2O2S/c1-11(2)7-17-8-16-18-14(10-21-16)9-19-15-5-12(3)20-13(4)6-15/h10-13,15,17H,5-9H2,1-4H3. The summed E-state index contributed by atoms with van der Waals surface area (Å²) < 4.78 is 11.7. The summed E-state index contributed by atoms with van der Waals surface area (Å²) in [6.07, 6.45) is 2.86. The summed E-state index contributed by atoms with van der Waals surface area (Å²) in [5.74, 6) is 0.672. The molecule has 120 valence electrons. The summed E-state index contributed by atoms with van der Waals surface area (Å²) in [6, 6.07) is 0. The summed E-state index contributed by atoms with van der Waals surface area (Å²) in [4.78, 5) is 4.63. The fourth-order valence-electron chi connectivity index (χ4n) is 2.65. The lowest BCUT2D eigenvalue weighted by Crippen LogP contribution is -2.34. The summed E-state index contributed by atoms with van der Waals surface area (Å²) in [5, 5.41) is 6.67. The van der Waals surface area contributed by atoms with Crippen LogP contribution >= 0.6 is 11.3 Å². The van der Waals surface area contributed by atoms with Gasteiger partial charge < -0.3 is 14.8 Å². The lowest BCUT2D eigenvalue weighted by molar-refractivity contribution is -0.106. The first kappa shape index (κ1) is 16.9. The third-order valence-corrected chi connectivity index (χ3v) is 4.45. The van der Waals surface area contributed by atoms with Gasteiger partial charge in [-0.1, -0.05) is 13.8 Å². The second kappa shape index (κ2) is 8.22. The first-order valence-electron chi connectivity index (χ1n) is 7.94. The van der Waals surface area contributed by atoms with Crippen LogP contribution in [-0.2, 0) is 22.6 Å². The molecule has 1 N–H and O–H groups in total. The van der Waals surface area contributed by atoms with Gasteiger partial charge in [-0.25, -0.2) is 4.98 Å². The SMILES string of the molecule is CC(C)CNCc1nc(COC2CC(C)OC(C)C2)cs1. The number of ether oxygens (including phenoxy) is 2. The van der Waals surface area contributed by atoms with Crippen molar-refractivity contribution in [2.24, 2.45) is 5.92 Å². The van der Waals surface area contributed by atoms with Crippen molar-refractivity contribution in [3.05, 3.63) is 16.1 Å². The Labute approximate surface area is 132 Å². The maximum Gasteiger partial charge on any atom is 0.107 e. The average molecular weight is 312 g/mol. The molecule has 0 bridgehead atoms. The summed E-state index contributed by atoms with van der Waals surface area (Å²) in [5.41, 5.74) is 1.05. The number of thiazole rings is 1. The van der Waals surface area contributed by atoms with Crippen molar-refractivity contribution in [3.8, 4) is 0 Å². The number of aromatic nitrogens is 1. The molecule has 2 unspecified atom stereocenters. The van der Waals surface area contributed by atoms with Gasteiger partial charge in [0.2, 0.25) is 0 Å². The molecule has 5 heteroatoms. The molecule has 1 saturated heterocycles. The van der Waals surface area contributed by atoms with E-state index in [-0.39, 0.29) is 0 Å². The van der Waals surface area contributed by atoms with Crippen molar-refractivity contribution >= 4 is 11.3 Å². The number of hydrogen-bond donors (Lipinski definition) is 1. The molecule has 1 aliphatic heterocycles. The third-order valence-electron chi connectivity index (χ3n) is 3.55. The molecule has 2 atom stereocenters. The Morgan fingerprint density at radius 3 is 2.76 bits per heavy atom. The molecular formula is C16H28N2O2S. The van der Waals surface area contributed by atoms with Crippen molar-refractivity contribution in [1.82, 2.24) is 10.3 Å². The first-order valence-corrected chi connectivity index (χ1v) is 8.82. The van der Waals surface area contributed by atoms with Gasteiger partial charge in [-0.3, -0.25) is 0 Å². The highest BCUT2D eigenvalue weighted by Gasteiger charge is 2.25. The second-order valence-corrected chi connectivity index (χ2v) is 7.36. The molecule has 1 aliphatic rings. The number of nitrogens with one attached hydrogen (secondary N) is 1. The van der Waals surface area contributed by atoms with Crippen molar-refractivity contribution in [2.75, 3.05) is 6.54 Å². The van der Waals surface area contributed by atoms with Gasteiger partial charge in [0.1, 0.15) is 5.01 Å². The molecule has 0 aliphatic carbocycles. The molecule has 1 aromatic heterocycles. The molecule has 0 amide bonds. The summed E-state index contributed by atoms with van der Waals surface area (Å²) in [7, 11) is 0. The first-order chi connectivity index (χ1) is 10.0. The molecule has 21 heavy (non-hydrogen) atoms. The Bertz CT molecular complexity index is 412. The van der Waals surface area contributed by atoms with Gasteiger partial charge in [-0.2, -0.15) is 0 Å². The quantitative estimate of drug-likeness (QED) is 0.838. The Kier molecular flexibility index (Phi) is 6.61. The van der Waals surface area contributed by atoms with Gasteiger partial charge in [0.05, 0.1) is 30.6 Å². The molecule has 1 aromatic rings. The van der Waals surface area contributed by atoms with Crippen LogP contribution in [0.25, 0.3) is 0 Å². The van der Waals surface area contributed by atoms with Gasteiger partial charge in [0.15, 0.2) is 0 Å². The van der Waals surface area contributed by atoms with E-state index in [2.05, 4.69) is 43.4 Å². The molecular weight excluding hydrogens is 284 g/mol. The molecule has 0 spiro atoms. The van der Waals surface area contributed by atoms with Gasteiger partial charge >= 0.3 is 0 Å². The predicted octanol–water partition coefficient (Wildman–Crippen LogP) is 3.36. The van der Waals surface area contributed by atoms with E-state index in [4.69, 9.17) is 9.47 Å². The fraction of sp³-hybridized carbons (Fsp3) is 0.812. The van der Waals surface area contributed by atoms with Crippen LogP contribution in [0.2, 0.25) is 0 Å². The van der Waals surface area contributed by atoms with Gasteiger partial charge in [-0.15, -0.1) is 11.3 Å². The lowest BCUT2D eigenvalue weighted by Gasteiger charge is -2.31. The summed E-state index contributed by atoms with van der Waals surface area (Å²) >= 11 is 1.71. The smallest absolute Gasteiger partial charge is 0.107 e. The van der Waals surface area contributed by atoms with Crippen LogP contribution in [-0.4, -0.2) is 29.8 Å². The van der Waals surface area contributed by atoms with E-state index in [1.165, 1.54) is 0 Å². The van der Waals surface area contributed by atoms with E-state index < -0.39 is 0 Å². The predicted molar refractivity (Wildman–Crippen MR) is 86.5 cm³/mol. The molecule has 0 radical (unpaired) electrons. The van der Waals surface area contributed by atoms with E-state index in [0.717, 1.165) is 36.6 Å². The van der Waals surface area contributed by atoms with E-state index in [1.54, 1.807) is 11.3 Å². The Morgan fingerprint density at radius 2 is 2.10 bits per heavy atom. The minimum absolute atomic E-state index is 0.296. The third kappa shape index (κ3) is 6.02. The van der Waals surface area contributed by atoms with Crippen LogP contribution in [0.15, 0.2) is 5.38 Å². The van der Waals surface area contributed by atoms with Crippen molar-refractivity contribution in [2.45, 2.75) is 72.0 Å². The Hall–Kier alpha value is -0.490. The molecule has 1 fully saturated rings. The van der Waals surface area contributed by atoms with Gasteiger partial charge in [0, 0.05) is 11.9 Å². The van der Waals surface area contributed by atoms with Crippen LogP contribution < -0.4 is 5.32 Å².